The van der Waals surface area contributed by atoms with Crippen LogP contribution in [0.4, 0.5) is 5.69 Å². The van der Waals surface area contributed by atoms with Crippen LogP contribution in [-0.4, -0.2) is 23.3 Å². The third kappa shape index (κ3) is 7.27. The van der Waals surface area contributed by atoms with Crippen LogP contribution >= 0.6 is 23.4 Å². The second kappa shape index (κ2) is 11.3. The van der Waals surface area contributed by atoms with Gasteiger partial charge in [0.15, 0.2) is 0 Å². The van der Waals surface area contributed by atoms with Gasteiger partial charge in [0.25, 0.3) is 5.91 Å². The van der Waals surface area contributed by atoms with E-state index in [4.69, 9.17) is 11.6 Å². The van der Waals surface area contributed by atoms with Gasteiger partial charge < -0.3 is 5.32 Å². The normalized spacial score (nSPS) is 11.1. The molecule has 0 bridgehead atoms. The summed E-state index contributed by atoms with van der Waals surface area (Å²) >= 11 is 7.46. The second-order valence-corrected chi connectivity index (χ2v) is 8.18. The number of carbonyl (C=O) groups excluding carboxylic acids is 2. The van der Waals surface area contributed by atoms with Crippen LogP contribution in [0.25, 0.3) is 0 Å². The van der Waals surface area contributed by atoms with Crippen LogP contribution in [0.2, 0.25) is 5.02 Å². The number of nitrogens with one attached hydrogen (secondary N) is 2. The minimum Gasteiger partial charge on any atom is -0.322 e. The number of halogens is 1. The third-order valence-corrected chi connectivity index (χ3v) is 5.55. The van der Waals surface area contributed by atoms with E-state index in [0.29, 0.717) is 27.7 Å². The van der Waals surface area contributed by atoms with Crippen LogP contribution in [0.5, 0.6) is 0 Å². The highest BCUT2D eigenvalue weighted by atomic mass is 35.5. The van der Waals surface area contributed by atoms with Gasteiger partial charge in [-0.3, -0.25) is 9.59 Å². The Bertz CT molecular complexity index is 1090. The van der Waals surface area contributed by atoms with Gasteiger partial charge in [-0.05, 0) is 54.4 Å². The molecule has 0 fully saturated rings. The minimum atomic E-state index is -0.183. The van der Waals surface area contributed by atoms with Gasteiger partial charge in [0.2, 0.25) is 5.91 Å². The smallest absolute Gasteiger partial charge is 0.255 e. The number of hydrazone groups is 1. The first-order valence-electron chi connectivity index (χ1n) is 9.63. The lowest BCUT2D eigenvalue weighted by Gasteiger charge is -2.08. The highest BCUT2D eigenvalue weighted by molar-refractivity contribution is 7.99. The molecule has 5 nitrogen and oxygen atoms in total. The Morgan fingerprint density at radius 3 is 2.45 bits per heavy atom. The Morgan fingerprint density at radius 2 is 1.68 bits per heavy atom. The average molecular weight is 452 g/mol. The number of nitrogens with zero attached hydrogens (tertiary/aromatic N) is 1. The monoisotopic (exact) mass is 451 g/mol. The lowest BCUT2D eigenvalue weighted by atomic mass is 10.1. The van der Waals surface area contributed by atoms with Crippen molar-refractivity contribution in [3.05, 3.63) is 101 Å². The maximum Gasteiger partial charge on any atom is 0.255 e. The molecule has 0 radical (unpaired) electrons. The number of hydrogen-bond acceptors (Lipinski definition) is 4. The highest BCUT2D eigenvalue weighted by Crippen LogP contribution is 2.16. The molecule has 31 heavy (non-hydrogen) atoms. The van der Waals surface area contributed by atoms with Crippen molar-refractivity contribution >= 4 is 46.6 Å². The summed E-state index contributed by atoms with van der Waals surface area (Å²) in [6.07, 6.45) is 0. The van der Waals surface area contributed by atoms with E-state index in [1.807, 2.05) is 66.7 Å². The van der Waals surface area contributed by atoms with Crippen LogP contribution in [0.1, 0.15) is 28.4 Å². The van der Waals surface area contributed by atoms with Crippen LogP contribution in [0.3, 0.4) is 0 Å². The van der Waals surface area contributed by atoms with E-state index in [0.717, 1.165) is 11.1 Å². The van der Waals surface area contributed by atoms with E-state index in [1.54, 1.807) is 19.1 Å². The molecule has 2 amide bonds. The Balaban J connectivity index is 1.52. The van der Waals surface area contributed by atoms with Crippen molar-refractivity contribution in [1.82, 2.24) is 5.43 Å². The summed E-state index contributed by atoms with van der Waals surface area (Å²) < 4.78 is 0. The van der Waals surface area contributed by atoms with E-state index in [-0.39, 0.29) is 17.6 Å². The molecule has 0 aliphatic rings. The van der Waals surface area contributed by atoms with Gasteiger partial charge in [-0.2, -0.15) is 5.10 Å². The third-order valence-electron chi connectivity index (χ3n) is 4.31. The molecule has 0 aromatic heterocycles. The predicted molar refractivity (Wildman–Crippen MR) is 129 cm³/mol. The van der Waals surface area contributed by atoms with Crippen LogP contribution in [-0.2, 0) is 10.5 Å². The maximum atomic E-state index is 12.3. The Hall–Kier alpha value is -3.09. The van der Waals surface area contributed by atoms with Gasteiger partial charge in [0, 0.05) is 22.0 Å². The Labute approximate surface area is 190 Å². The van der Waals surface area contributed by atoms with E-state index in [2.05, 4.69) is 15.8 Å². The molecule has 3 aromatic carbocycles. The summed E-state index contributed by atoms with van der Waals surface area (Å²) in [6, 6.07) is 23.9. The number of thioether (sulfide) groups is 1. The molecule has 158 valence electrons. The minimum absolute atomic E-state index is 0.181. The van der Waals surface area contributed by atoms with Crippen molar-refractivity contribution in [2.75, 3.05) is 11.1 Å². The van der Waals surface area contributed by atoms with Crippen molar-refractivity contribution < 1.29 is 9.59 Å². The lowest BCUT2D eigenvalue weighted by molar-refractivity contribution is -0.118. The van der Waals surface area contributed by atoms with Crippen molar-refractivity contribution in [3.63, 3.8) is 0 Å². The number of carbonyl (C=O) groups is 2. The Morgan fingerprint density at radius 1 is 0.935 bits per heavy atom. The van der Waals surface area contributed by atoms with Gasteiger partial charge in [-0.15, -0.1) is 11.8 Å². The first kappa shape index (κ1) is 22.6. The summed E-state index contributed by atoms with van der Waals surface area (Å²) in [5, 5.41) is 7.74. The molecular formula is C24H22ClN3O2S. The van der Waals surface area contributed by atoms with E-state index in [1.165, 1.54) is 11.8 Å². The first-order chi connectivity index (χ1) is 15.0. The molecule has 7 heteroatoms. The lowest BCUT2D eigenvalue weighted by Crippen LogP contribution is -2.21. The zero-order valence-electron chi connectivity index (χ0n) is 17.0. The van der Waals surface area contributed by atoms with Gasteiger partial charge in [0.05, 0.1) is 11.5 Å². The number of rotatable bonds is 8. The van der Waals surface area contributed by atoms with Gasteiger partial charge in [0.1, 0.15) is 0 Å². The maximum absolute atomic E-state index is 12.3. The molecule has 0 saturated heterocycles. The van der Waals surface area contributed by atoms with Crippen molar-refractivity contribution in [3.8, 4) is 0 Å². The standard InChI is InChI=1S/C24H22ClN3O2S/c1-17(27-28-23(29)16-31-15-18-7-5-11-21(25)13-18)20-10-6-12-22(14-20)26-24(30)19-8-3-2-4-9-19/h2-14H,15-16H2,1H3,(H,26,30)(H,28,29)/b27-17+. The molecule has 0 spiro atoms. The number of amides is 2. The number of anilines is 1. The van der Waals surface area contributed by atoms with Crippen LogP contribution in [0, 0.1) is 0 Å². The molecule has 3 aromatic rings. The van der Waals surface area contributed by atoms with E-state index < -0.39 is 0 Å². The predicted octanol–water partition coefficient (Wildman–Crippen LogP) is 5.37. The second-order valence-electron chi connectivity index (χ2n) is 6.76. The fraction of sp³-hybridized carbons (Fsp3) is 0.125. The molecule has 0 aliphatic carbocycles. The quantitative estimate of drug-likeness (QED) is 0.357. The van der Waals surface area contributed by atoms with Gasteiger partial charge >= 0.3 is 0 Å². The zero-order chi connectivity index (χ0) is 22.1. The number of benzene rings is 3. The highest BCUT2D eigenvalue weighted by Gasteiger charge is 2.07. The summed E-state index contributed by atoms with van der Waals surface area (Å²) in [6.45, 7) is 1.80. The molecule has 2 N–H and O–H groups in total. The van der Waals surface area contributed by atoms with Crippen LogP contribution < -0.4 is 10.7 Å². The summed E-state index contributed by atoms with van der Waals surface area (Å²) in [4.78, 5) is 24.4. The molecule has 3 rings (SSSR count). The number of hydrogen-bond donors (Lipinski definition) is 2. The van der Waals surface area contributed by atoms with Gasteiger partial charge in [-0.25, -0.2) is 5.43 Å². The molecule has 0 heterocycles. The van der Waals surface area contributed by atoms with E-state index in [9.17, 15) is 9.59 Å². The Kier molecular flexibility index (Phi) is 8.27. The molecule has 0 saturated carbocycles. The average Bonchev–Trinajstić information content (AvgIpc) is 2.78. The summed E-state index contributed by atoms with van der Waals surface area (Å²) in [7, 11) is 0. The summed E-state index contributed by atoms with van der Waals surface area (Å²) in [5.74, 6) is 0.619. The molecule has 0 unspecified atom stereocenters. The molecular weight excluding hydrogens is 430 g/mol. The first-order valence-corrected chi connectivity index (χ1v) is 11.2. The van der Waals surface area contributed by atoms with Crippen molar-refractivity contribution in [2.24, 2.45) is 5.10 Å². The van der Waals surface area contributed by atoms with Crippen LogP contribution in [0.15, 0.2) is 84.0 Å². The van der Waals surface area contributed by atoms with Crippen molar-refractivity contribution in [2.45, 2.75) is 12.7 Å². The largest absolute Gasteiger partial charge is 0.322 e. The molecule has 0 aliphatic heterocycles. The topological polar surface area (TPSA) is 70.6 Å². The van der Waals surface area contributed by atoms with E-state index >= 15 is 0 Å². The SMILES string of the molecule is C/C(=N\NC(=O)CSCc1cccc(Cl)c1)c1cccc(NC(=O)c2ccccc2)c1. The molecule has 0 atom stereocenters. The zero-order valence-corrected chi connectivity index (χ0v) is 18.5. The fourth-order valence-electron chi connectivity index (χ4n) is 2.75. The van der Waals surface area contributed by atoms with Gasteiger partial charge in [-0.1, -0.05) is 54.1 Å². The summed E-state index contributed by atoms with van der Waals surface area (Å²) in [5.41, 5.74) is 6.34. The van der Waals surface area contributed by atoms with Crippen molar-refractivity contribution in [1.29, 1.82) is 0 Å². The fourth-order valence-corrected chi connectivity index (χ4v) is 3.73.